The number of tetrazole rings is 1. The van der Waals surface area contributed by atoms with E-state index in [2.05, 4.69) is 36.7 Å². The first-order valence-corrected chi connectivity index (χ1v) is 8.04. The Labute approximate surface area is 151 Å². The van der Waals surface area contributed by atoms with Crippen LogP contribution in [0.15, 0.2) is 53.0 Å². The third-order valence-electron chi connectivity index (χ3n) is 3.31. The number of carbonyl (C=O) groups excluding carboxylic acids is 2. The normalized spacial score (nSPS) is 10.4. The third-order valence-corrected chi connectivity index (χ3v) is 4.00. The van der Waals surface area contributed by atoms with E-state index >= 15 is 0 Å². The molecule has 0 bridgehead atoms. The van der Waals surface area contributed by atoms with Crippen LogP contribution in [-0.4, -0.2) is 32.0 Å². The van der Waals surface area contributed by atoms with Crippen LogP contribution in [0.4, 0.5) is 5.69 Å². The summed E-state index contributed by atoms with van der Waals surface area (Å²) in [5.41, 5.74) is 6.92. The van der Waals surface area contributed by atoms with E-state index in [1.165, 1.54) is 4.80 Å². The van der Waals surface area contributed by atoms with Crippen molar-refractivity contribution in [3.8, 4) is 11.4 Å². The average Bonchev–Trinajstić information content (AvgIpc) is 3.05. The largest absolute Gasteiger partial charge is 0.366 e. The molecule has 0 saturated heterocycles. The Morgan fingerprint density at radius 2 is 1.84 bits per heavy atom. The summed E-state index contributed by atoms with van der Waals surface area (Å²) in [4.78, 5) is 24.4. The lowest BCUT2D eigenvalue weighted by atomic mass is 10.1. The molecule has 0 radical (unpaired) electrons. The van der Waals surface area contributed by atoms with E-state index < -0.39 is 5.91 Å². The maximum atomic E-state index is 12.1. The van der Waals surface area contributed by atoms with E-state index in [9.17, 15) is 9.59 Å². The number of amides is 2. The zero-order valence-corrected chi connectivity index (χ0v) is 14.5. The molecule has 2 amide bonds. The minimum atomic E-state index is -0.507. The van der Waals surface area contributed by atoms with Crippen molar-refractivity contribution < 1.29 is 9.59 Å². The highest BCUT2D eigenvalue weighted by atomic mass is 79.9. The summed E-state index contributed by atoms with van der Waals surface area (Å²) in [5.74, 6) is -0.434. The summed E-state index contributed by atoms with van der Waals surface area (Å²) in [6.07, 6.45) is 0. The predicted octanol–water partition coefficient (Wildman–Crippen LogP) is 1.84. The third kappa shape index (κ3) is 4.07. The maximum Gasteiger partial charge on any atom is 0.248 e. The van der Waals surface area contributed by atoms with Gasteiger partial charge in [0.2, 0.25) is 17.6 Å². The van der Waals surface area contributed by atoms with Crippen LogP contribution in [-0.2, 0) is 11.3 Å². The van der Waals surface area contributed by atoms with Gasteiger partial charge in [0, 0.05) is 15.6 Å². The van der Waals surface area contributed by atoms with Crippen LogP contribution in [0.2, 0.25) is 0 Å². The first kappa shape index (κ1) is 16.8. The first-order valence-electron chi connectivity index (χ1n) is 7.25. The van der Waals surface area contributed by atoms with Crippen LogP contribution in [0.25, 0.3) is 11.4 Å². The number of nitrogens with zero attached hydrogens (tertiary/aromatic N) is 4. The lowest BCUT2D eigenvalue weighted by molar-refractivity contribution is -0.117. The van der Waals surface area contributed by atoms with Gasteiger partial charge in [-0.05, 0) is 45.4 Å². The Morgan fingerprint density at radius 3 is 2.52 bits per heavy atom. The number of halogens is 1. The Kier molecular flexibility index (Phi) is 4.85. The van der Waals surface area contributed by atoms with Crippen molar-refractivity contribution in [1.29, 1.82) is 0 Å². The zero-order valence-electron chi connectivity index (χ0n) is 12.9. The second-order valence-electron chi connectivity index (χ2n) is 5.11. The molecule has 1 aromatic heterocycles. The Bertz CT molecular complexity index is 922. The van der Waals surface area contributed by atoms with Gasteiger partial charge in [-0.3, -0.25) is 9.59 Å². The number of aromatic nitrogens is 4. The van der Waals surface area contributed by atoms with Crippen molar-refractivity contribution in [3.63, 3.8) is 0 Å². The van der Waals surface area contributed by atoms with E-state index in [0.29, 0.717) is 22.6 Å². The van der Waals surface area contributed by atoms with Crippen molar-refractivity contribution in [3.05, 3.63) is 58.6 Å². The fourth-order valence-electron chi connectivity index (χ4n) is 2.09. The summed E-state index contributed by atoms with van der Waals surface area (Å²) < 4.78 is 0.783. The lowest BCUT2D eigenvalue weighted by Gasteiger charge is -2.06. The molecule has 9 heteroatoms. The number of rotatable bonds is 5. The molecule has 8 nitrogen and oxygen atoms in total. The van der Waals surface area contributed by atoms with Crippen LogP contribution >= 0.6 is 15.9 Å². The monoisotopic (exact) mass is 400 g/mol. The molecule has 0 saturated carbocycles. The van der Waals surface area contributed by atoms with Gasteiger partial charge in [-0.15, -0.1) is 10.2 Å². The quantitative estimate of drug-likeness (QED) is 0.677. The van der Waals surface area contributed by atoms with Crippen LogP contribution in [0, 0.1) is 0 Å². The molecule has 0 aliphatic carbocycles. The highest BCUT2D eigenvalue weighted by Crippen LogP contribution is 2.21. The SMILES string of the molecule is NC(=O)c1ccc(-c2nnn(CC(=O)Nc3ccccc3Br)n2)cc1. The van der Waals surface area contributed by atoms with Gasteiger partial charge in [-0.2, -0.15) is 4.80 Å². The van der Waals surface area contributed by atoms with Gasteiger partial charge < -0.3 is 11.1 Å². The summed E-state index contributed by atoms with van der Waals surface area (Å²) in [6, 6.07) is 13.8. The Balaban J connectivity index is 1.68. The van der Waals surface area contributed by atoms with Gasteiger partial charge in [0.05, 0.1) is 5.69 Å². The molecule has 0 fully saturated rings. The van der Waals surface area contributed by atoms with Crippen molar-refractivity contribution in [2.45, 2.75) is 6.54 Å². The second kappa shape index (κ2) is 7.22. The van der Waals surface area contributed by atoms with Gasteiger partial charge >= 0.3 is 0 Å². The van der Waals surface area contributed by atoms with Crippen molar-refractivity contribution in [2.75, 3.05) is 5.32 Å². The fraction of sp³-hybridized carbons (Fsp3) is 0.0625. The number of para-hydroxylation sites is 1. The molecule has 0 atom stereocenters. The van der Waals surface area contributed by atoms with Gasteiger partial charge in [0.15, 0.2) is 0 Å². The fourth-order valence-corrected chi connectivity index (χ4v) is 2.47. The number of hydrogen-bond acceptors (Lipinski definition) is 5. The number of anilines is 1. The highest BCUT2D eigenvalue weighted by molar-refractivity contribution is 9.10. The minimum Gasteiger partial charge on any atom is -0.366 e. The molecule has 0 aliphatic rings. The zero-order chi connectivity index (χ0) is 17.8. The average molecular weight is 401 g/mol. The molecule has 3 N–H and O–H groups in total. The molecule has 25 heavy (non-hydrogen) atoms. The number of nitrogens with one attached hydrogen (secondary N) is 1. The van der Waals surface area contributed by atoms with Crippen LogP contribution in [0.5, 0.6) is 0 Å². The Morgan fingerprint density at radius 1 is 1.12 bits per heavy atom. The highest BCUT2D eigenvalue weighted by Gasteiger charge is 2.11. The first-order chi connectivity index (χ1) is 12.0. The molecule has 2 aromatic carbocycles. The van der Waals surface area contributed by atoms with Crippen LogP contribution in [0.1, 0.15) is 10.4 Å². The number of hydrogen-bond donors (Lipinski definition) is 2. The van der Waals surface area contributed by atoms with Crippen molar-refractivity contribution >= 4 is 33.4 Å². The number of primary amides is 1. The molecule has 0 unspecified atom stereocenters. The van der Waals surface area contributed by atoms with E-state index in [1.54, 1.807) is 30.3 Å². The number of nitrogens with two attached hydrogens (primary N) is 1. The van der Waals surface area contributed by atoms with E-state index in [-0.39, 0.29) is 12.5 Å². The molecule has 0 aliphatic heterocycles. The summed E-state index contributed by atoms with van der Waals surface area (Å²) in [7, 11) is 0. The molecule has 0 spiro atoms. The molecule has 1 heterocycles. The lowest BCUT2D eigenvalue weighted by Crippen LogP contribution is -2.20. The molecule has 126 valence electrons. The van der Waals surface area contributed by atoms with E-state index in [1.807, 2.05) is 18.2 Å². The molecular weight excluding hydrogens is 388 g/mol. The Hall–Kier alpha value is -3.07. The number of benzene rings is 2. The molecular formula is C16H13BrN6O2. The van der Waals surface area contributed by atoms with E-state index in [4.69, 9.17) is 5.73 Å². The van der Waals surface area contributed by atoms with Crippen LogP contribution in [0.3, 0.4) is 0 Å². The standard InChI is InChI=1S/C16H13BrN6O2/c17-12-3-1-2-4-13(12)19-14(24)9-23-21-16(20-22-23)11-7-5-10(6-8-11)15(18)25/h1-8H,9H2,(H2,18,25)(H,19,24). The van der Waals surface area contributed by atoms with Gasteiger partial charge in [0.1, 0.15) is 6.54 Å². The summed E-state index contributed by atoms with van der Waals surface area (Å²) in [5, 5.41) is 14.7. The predicted molar refractivity (Wildman–Crippen MR) is 94.5 cm³/mol. The van der Waals surface area contributed by atoms with Crippen molar-refractivity contribution in [1.82, 2.24) is 20.2 Å². The molecule has 3 aromatic rings. The van der Waals surface area contributed by atoms with E-state index in [0.717, 1.165) is 4.47 Å². The van der Waals surface area contributed by atoms with Crippen molar-refractivity contribution in [2.24, 2.45) is 5.73 Å². The molecule has 3 rings (SSSR count). The smallest absolute Gasteiger partial charge is 0.248 e. The van der Waals surface area contributed by atoms with Crippen LogP contribution < -0.4 is 11.1 Å². The summed E-state index contributed by atoms with van der Waals surface area (Å²) >= 11 is 3.36. The second-order valence-corrected chi connectivity index (χ2v) is 5.97. The number of carbonyl (C=O) groups is 2. The van der Waals surface area contributed by atoms with Gasteiger partial charge in [0.25, 0.3) is 0 Å². The van der Waals surface area contributed by atoms with Gasteiger partial charge in [-0.25, -0.2) is 0 Å². The summed E-state index contributed by atoms with van der Waals surface area (Å²) in [6.45, 7) is -0.0757. The maximum absolute atomic E-state index is 12.1. The van der Waals surface area contributed by atoms with Gasteiger partial charge in [-0.1, -0.05) is 24.3 Å². The minimum absolute atomic E-state index is 0.0757. The topological polar surface area (TPSA) is 116 Å².